The third kappa shape index (κ3) is 3.08. The molecule has 110 valence electrons. The summed E-state index contributed by atoms with van der Waals surface area (Å²) in [6.07, 6.45) is 0. The molecule has 4 N–H and O–H groups in total. The molecule has 1 fully saturated rings. The van der Waals surface area contributed by atoms with Crippen molar-refractivity contribution in [3.05, 3.63) is 22.9 Å². The normalized spacial score (nSPS) is 16.4. The first-order valence-corrected chi connectivity index (χ1v) is 6.93. The Morgan fingerprint density at radius 3 is 2.55 bits per heavy atom. The van der Waals surface area contributed by atoms with Gasteiger partial charge in [0.2, 0.25) is 0 Å². The molecule has 6 nitrogen and oxygen atoms in total. The number of nitrogens with zero attached hydrogens (tertiary/aromatic N) is 3. The van der Waals surface area contributed by atoms with Crippen LogP contribution >= 0.6 is 0 Å². The zero-order valence-corrected chi connectivity index (χ0v) is 12.2. The number of aliphatic hydroxyl groups excluding tert-OH is 1. The Bertz CT molecular complexity index is 495. The Balaban J connectivity index is 2.23. The number of hydrogen-bond donors (Lipinski definition) is 3. The third-order valence-electron chi connectivity index (χ3n) is 3.68. The molecule has 1 aromatic rings. The number of β-amino-alcohol motifs (C(OH)–C–C–N with tert-alkyl or cyclic N) is 1. The van der Waals surface area contributed by atoms with Gasteiger partial charge in [0.1, 0.15) is 11.7 Å². The topological polar surface area (TPSA) is 89.5 Å². The monoisotopic (exact) mass is 277 g/mol. The fourth-order valence-electron chi connectivity index (χ4n) is 2.70. The number of piperazine rings is 1. The molecule has 1 saturated heterocycles. The van der Waals surface area contributed by atoms with E-state index in [2.05, 4.69) is 14.8 Å². The Kier molecular flexibility index (Phi) is 4.57. The van der Waals surface area contributed by atoms with Crippen LogP contribution in [0.1, 0.15) is 16.8 Å². The van der Waals surface area contributed by atoms with E-state index in [9.17, 15) is 0 Å². The molecule has 2 rings (SSSR count). The summed E-state index contributed by atoms with van der Waals surface area (Å²) in [5.41, 5.74) is 8.40. The minimum absolute atomic E-state index is 0.0720. The SMILES string of the molecule is Cc1cc(C)c(C(=N)N)c(N2CCN(CCO)CC2)n1. The van der Waals surface area contributed by atoms with Crippen molar-refractivity contribution >= 4 is 11.7 Å². The van der Waals surface area contributed by atoms with Crippen LogP contribution in [0.5, 0.6) is 0 Å². The molecule has 1 aromatic heterocycles. The van der Waals surface area contributed by atoms with Gasteiger partial charge >= 0.3 is 0 Å². The number of amidine groups is 1. The van der Waals surface area contributed by atoms with Crippen molar-refractivity contribution in [3.63, 3.8) is 0 Å². The predicted octanol–water partition coefficient (Wildman–Crippen LogP) is 0.0968. The molecule has 0 bridgehead atoms. The van der Waals surface area contributed by atoms with Crippen LogP contribution in [0.4, 0.5) is 5.82 Å². The van der Waals surface area contributed by atoms with E-state index in [-0.39, 0.29) is 12.4 Å². The Hall–Kier alpha value is -1.66. The van der Waals surface area contributed by atoms with Crippen LogP contribution in [-0.4, -0.2) is 60.2 Å². The Labute approximate surface area is 119 Å². The second kappa shape index (κ2) is 6.19. The maximum atomic E-state index is 8.98. The molecule has 0 saturated carbocycles. The van der Waals surface area contributed by atoms with Gasteiger partial charge in [0.15, 0.2) is 0 Å². The number of aliphatic hydroxyl groups is 1. The summed E-state index contributed by atoms with van der Waals surface area (Å²) in [4.78, 5) is 9.00. The summed E-state index contributed by atoms with van der Waals surface area (Å²) in [7, 11) is 0. The number of nitrogen functional groups attached to an aromatic ring is 1. The number of aryl methyl sites for hydroxylation is 2. The van der Waals surface area contributed by atoms with Crippen molar-refractivity contribution in [1.29, 1.82) is 5.41 Å². The van der Waals surface area contributed by atoms with Crippen LogP contribution in [0.25, 0.3) is 0 Å². The van der Waals surface area contributed by atoms with E-state index in [1.54, 1.807) is 0 Å². The van der Waals surface area contributed by atoms with Gasteiger partial charge < -0.3 is 15.7 Å². The molecule has 0 aliphatic carbocycles. The van der Waals surface area contributed by atoms with E-state index in [1.807, 2.05) is 19.9 Å². The number of anilines is 1. The van der Waals surface area contributed by atoms with Crippen LogP contribution in [-0.2, 0) is 0 Å². The number of rotatable bonds is 4. The Morgan fingerprint density at radius 1 is 1.35 bits per heavy atom. The van der Waals surface area contributed by atoms with Crippen molar-refractivity contribution < 1.29 is 5.11 Å². The average Bonchev–Trinajstić information content (AvgIpc) is 2.38. The fraction of sp³-hybridized carbons (Fsp3) is 0.571. The van der Waals surface area contributed by atoms with Crippen molar-refractivity contribution in [2.24, 2.45) is 5.73 Å². The molecule has 0 amide bonds. The molecule has 0 aromatic carbocycles. The molecule has 1 aliphatic heterocycles. The van der Waals surface area contributed by atoms with E-state index in [0.29, 0.717) is 6.54 Å². The molecule has 0 unspecified atom stereocenters. The number of aromatic nitrogens is 1. The third-order valence-corrected chi connectivity index (χ3v) is 3.68. The van der Waals surface area contributed by atoms with Gasteiger partial charge in [-0.3, -0.25) is 10.3 Å². The summed E-state index contributed by atoms with van der Waals surface area (Å²) in [5.74, 6) is 0.890. The highest BCUT2D eigenvalue weighted by Gasteiger charge is 2.22. The standard InChI is InChI=1S/C14H23N5O/c1-10-9-11(2)17-14(12(10)13(15)16)19-5-3-18(4-6-19)7-8-20/h9,20H,3-8H2,1-2H3,(H3,15,16). The quantitative estimate of drug-likeness (QED) is 0.536. The van der Waals surface area contributed by atoms with Gasteiger partial charge in [-0.15, -0.1) is 0 Å². The molecule has 0 atom stereocenters. The van der Waals surface area contributed by atoms with Crippen molar-refractivity contribution in [3.8, 4) is 0 Å². The number of nitrogens with one attached hydrogen (secondary N) is 1. The van der Waals surface area contributed by atoms with Crippen LogP contribution < -0.4 is 10.6 Å². The van der Waals surface area contributed by atoms with E-state index >= 15 is 0 Å². The maximum Gasteiger partial charge on any atom is 0.140 e. The largest absolute Gasteiger partial charge is 0.395 e. The molecule has 2 heterocycles. The van der Waals surface area contributed by atoms with Gasteiger partial charge in [-0.05, 0) is 25.5 Å². The van der Waals surface area contributed by atoms with Gasteiger partial charge in [0.25, 0.3) is 0 Å². The van der Waals surface area contributed by atoms with Crippen LogP contribution in [0, 0.1) is 19.3 Å². The highest BCUT2D eigenvalue weighted by molar-refractivity contribution is 6.01. The fourth-order valence-corrected chi connectivity index (χ4v) is 2.70. The predicted molar refractivity (Wildman–Crippen MR) is 80.5 cm³/mol. The van der Waals surface area contributed by atoms with E-state index in [1.165, 1.54) is 0 Å². The van der Waals surface area contributed by atoms with Crippen molar-refractivity contribution in [2.45, 2.75) is 13.8 Å². The maximum absolute atomic E-state index is 8.98. The molecule has 20 heavy (non-hydrogen) atoms. The number of pyridine rings is 1. The summed E-state index contributed by atoms with van der Waals surface area (Å²) < 4.78 is 0. The lowest BCUT2D eigenvalue weighted by atomic mass is 10.1. The molecular formula is C14H23N5O. The summed E-state index contributed by atoms with van der Waals surface area (Å²) in [5, 5.41) is 16.8. The minimum Gasteiger partial charge on any atom is -0.395 e. The zero-order valence-electron chi connectivity index (χ0n) is 12.2. The summed E-state index contributed by atoms with van der Waals surface area (Å²) in [6, 6.07) is 1.96. The highest BCUT2D eigenvalue weighted by Crippen LogP contribution is 2.23. The summed E-state index contributed by atoms with van der Waals surface area (Å²) >= 11 is 0. The highest BCUT2D eigenvalue weighted by atomic mass is 16.3. The van der Waals surface area contributed by atoms with Gasteiger partial charge in [0, 0.05) is 38.4 Å². The van der Waals surface area contributed by atoms with Crippen molar-refractivity contribution in [1.82, 2.24) is 9.88 Å². The zero-order chi connectivity index (χ0) is 14.7. The van der Waals surface area contributed by atoms with E-state index in [0.717, 1.165) is 48.8 Å². The molecule has 0 spiro atoms. The smallest absolute Gasteiger partial charge is 0.140 e. The van der Waals surface area contributed by atoms with E-state index < -0.39 is 0 Å². The lowest BCUT2D eigenvalue weighted by Gasteiger charge is -2.36. The van der Waals surface area contributed by atoms with Gasteiger partial charge in [-0.1, -0.05) is 0 Å². The molecular weight excluding hydrogens is 254 g/mol. The number of hydrogen-bond acceptors (Lipinski definition) is 5. The number of nitrogens with two attached hydrogens (primary N) is 1. The van der Waals surface area contributed by atoms with Crippen LogP contribution in [0.3, 0.4) is 0 Å². The van der Waals surface area contributed by atoms with Gasteiger partial charge in [-0.25, -0.2) is 4.98 Å². The lowest BCUT2D eigenvalue weighted by Crippen LogP contribution is -2.48. The molecule has 0 radical (unpaired) electrons. The van der Waals surface area contributed by atoms with Crippen LogP contribution in [0.2, 0.25) is 0 Å². The minimum atomic E-state index is 0.0720. The van der Waals surface area contributed by atoms with Gasteiger partial charge in [-0.2, -0.15) is 0 Å². The first kappa shape index (κ1) is 14.7. The van der Waals surface area contributed by atoms with Crippen LogP contribution in [0.15, 0.2) is 6.07 Å². The van der Waals surface area contributed by atoms with Crippen molar-refractivity contribution in [2.75, 3.05) is 44.2 Å². The summed E-state index contributed by atoms with van der Waals surface area (Å²) in [6.45, 7) is 8.32. The lowest BCUT2D eigenvalue weighted by molar-refractivity contribution is 0.188. The van der Waals surface area contributed by atoms with E-state index in [4.69, 9.17) is 16.2 Å². The Morgan fingerprint density at radius 2 is 2.00 bits per heavy atom. The average molecular weight is 277 g/mol. The first-order valence-electron chi connectivity index (χ1n) is 6.93. The molecule has 6 heteroatoms. The van der Waals surface area contributed by atoms with Gasteiger partial charge in [0.05, 0.1) is 12.2 Å². The molecule has 1 aliphatic rings. The first-order chi connectivity index (χ1) is 9.52. The second-order valence-electron chi connectivity index (χ2n) is 5.25. The second-order valence-corrected chi connectivity index (χ2v) is 5.25.